The van der Waals surface area contributed by atoms with Crippen molar-refractivity contribution in [3.05, 3.63) is 117 Å². The molecule has 0 fully saturated rings. The van der Waals surface area contributed by atoms with Crippen LogP contribution in [-0.2, 0) is 6.61 Å². The Labute approximate surface area is 186 Å². The molecule has 31 heavy (non-hydrogen) atoms. The number of thiazole rings is 1. The maximum atomic E-state index is 13.2. The van der Waals surface area contributed by atoms with Gasteiger partial charge >= 0.3 is 0 Å². The van der Waals surface area contributed by atoms with Crippen molar-refractivity contribution in [2.75, 3.05) is 0 Å². The molecular formula is C26H24N2O2S. The number of aromatic nitrogens is 1. The molecule has 1 heterocycles. The fraction of sp³-hybridized carbons (Fsp3) is 0.154. The summed E-state index contributed by atoms with van der Waals surface area (Å²) in [4.78, 5) is 18.3. The van der Waals surface area contributed by atoms with Crippen LogP contribution in [0.15, 0.2) is 84.9 Å². The lowest BCUT2D eigenvalue weighted by atomic mass is 9.98. The second-order valence-electron chi connectivity index (χ2n) is 7.35. The molecule has 4 aromatic rings. The molecule has 5 heteroatoms. The van der Waals surface area contributed by atoms with Gasteiger partial charge in [-0.15, -0.1) is 11.3 Å². The lowest BCUT2D eigenvalue weighted by Crippen LogP contribution is -2.29. The van der Waals surface area contributed by atoms with Crippen LogP contribution >= 0.6 is 11.3 Å². The van der Waals surface area contributed by atoms with E-state index in [2.05, 4.69) is 10.3 Å². The number of amides is 1. The standard InChI is InChI=1S/C26H24N2O2S/c1-18-13-15-22(16-14-18)30-17-23-27-19(2)25(31-23)26(29)28-24(20-9-5-3-6-10-20)21-11-7-4-8-12-21/h3-16,24H,17H2,1-2H3,(H,28,29). The van der Waals surface area contributed by atoms with Gasteiger partial charge < -0.3 is 10.1 Å². The number of hydrogen-bond donors (Lipinski definition) is 1. The smallest absolute Gasteiger partial charge is 0.264 e. The number of carbonyl (C=O) groups is 1. The fourth-order valence-corrected chi connectivity index (χ4v) is 4.23. The van der Waals surface area contributed by atoms with Gasteiger partial charge in [0.15, 0.2) is 0 Å². The first kappa shape index (κ1) is 20.8. The van der Waals surface area contributed by atoms with Crippen LogP contribution in [0.4, 0.5) is 0 Å². The van der Waals surface area contributed by atoms with E-state index in [1.807, 2.05) is 98.8 Å². The number of ether oxygens (including phenoxy) is 1. The highest BCUT2D eigenvalue weighted by atomic mass is 32.1. The number of rotatable bonds is 7. The molecule has 1 aromatic heterocycles. The van der Waals surface area contributed by atoms with Crippen molar-refractivity contribution in [1.82, 2.24) is 10.3 Å². The third-order valence-electron chi connectivity index (χ3n) is 4.97. The lowest BCUT2D eigenvalue weighted by Gasteiger charge is -2.19. The summed E-state index contributed by atoms with van der Waals surface area (Å²) in [5, 5.41) is 3.97. The Bertz CT molecular complexity index is 1100. The zero-order valence-electron chi connectivity index (χ0n) is 17.5. The predicted octanol–water partition coefficient (Wildman–Crippen LogP) is 5.86. The average molecular weight is 429 g/mol. The van der Waals surface area contributed by atoms with E-state index >= 15 is 0 Å². The minimum atomic E-state index is -0.233. The molecule has 0 bridgehead atoms. The molecule has 156 valence electrons. The normalized spacial score (nSPS) is 10.8. The molecule has 0 atom stereocenters. The predicted molar refractivity (Wildman–Crippen MR) is 125 cm³/mol. The van der Waals surface area contributed by atoms with Crippen molar-refractivity contribution in [3.8, 4) is 5.75 Å². The zero-order chi connectivity index (χ0) is 21.6. The van der Waals surface area contributed by atoms with Gasteiger partial charge in [-0.3, -0.25) is 4.79 Å². The highest BCUT2D eigenvalue weighted by Crippen LogP contribution is 2.25. The maximum Gasteiger partial charge on any atom is 0.264 e. The number of aryl methyl sites for hydroxylation is 2. The van der Waals surface area contributed by atoms with E-state index < -0.39 is 0 Å². The second kappa shape index (κ2) is 9.58. The van der Waals surface area contributed by atoms with Crippen molar-refractivity contribution in [1.29, 1.82) is 0 Å². The largest absolute Gasteiger partial charge is 0.486 e. The van der Waals surface area contributed by atoms with Gasteiger partial charge in [-0.25, -0.2) is 4.98 Å². The highest BCUT2D eigenvalue weighted by molar-refractivity contribution is 7.13. The van der Waals surface area contributed by atoms with Gasteiger partial charge in [-0.05, 0) is 37.1 Å². The Morgan fingerprint density at radius 1 is 0.903 bits per heavy atom. The minimum absolute atomic E-state index is 0.130. The second-order valence-corrected chi connectivity index (χ2v) is 8.44. The topological polar surface area (TPSA) is 51.2 Å². The summed E-state index contributed by atoms with van der Waals surface area (Å²) in [5.74, 6) is 0.659. The lowest BCUT2D eigenvalue weighted by molar-refractivity contribution is 0.0946. The van der Waals surface area contributed by atoms with Gasteiger partial charge in [-0.1, -0.05) is 78.4 Å². The van der Waals surface area contributed by atoms with E-state index in [-0.39, 0.29) is 11.9 Å². The Balaban J connectivity index is 1.51. The molecule has 0 radical (unpaired) electrons. The van der Waals surface area contributed by atoms with Crippen LogP contribution in [0.25, 0.3) is 0 Å². The van der Waals surface area contributed by atoms with Crippen molar-refractivity contribution in [3.63, 3.8) is 0 Å². The molecule has 0 saturated carbocycles. The van der Waals surface area contributed by atoms with Crippen molar-refractivity contribution in [2.24, 2.45) is 0 Å². The summed E-state index contributed by atoms with van der Waals surface area (Å²) in [6.07, 6.45) is 0. The summed E-state index contributed by atoms with van der Waals surface area (Å²) in [6, 6.07) is 27.6. The Morgan fingerprint density at radius 3 is 2.06 bits per heavy atom. The molecule has 4 nitrogen and oxygen atoms in total. The van der Waals surface area contributed by atoms with Gasteiger partial charge in [0.1, 0.15) is 22.2 Å². The van der Waals surface area contributed by atoms with Crippen LogP contribution in [0.1, 0.15) is 43.1 Å². The first-order valence-electron chi connectivity index (χ1n) is 10.2. The third kappa shape index (κ3) is 5.19. The van der Waals surface area contributed by atoms with E-state index in [4.69, 9.17) is 4.74 Å². The Kier molecular flexibility index (Phi) is 6.43. The molecule has 0 saturated heterocycles. The van der Waals surface area contributed by atoms with Gasteiger partial charge in [0, 0.05) is 0 Å². The van der Waals surface area contributed by atoms with Crippen LogP contribution in [0.3, 0.4) is 0 Å². The van der Waals surface area contributed by atoms with E-state index in [1.165, 1.54) is 16.9 Å². The zero-order valence-corrected chi connectivity index (χ0v) is 18.4. The number of hydrogen-bond acceptors (Lipinski definition) is 4. The van der Waals surface area contributed by atoms with Crippen LogP contribution < -0.4 is 10.1 Å². The van der Waals surface area contributed by atoms with Crippen LogP contribution in [-0.4, -0.2) is 10.9 Å². The molecule has 0 spiro atoms. The molecule has 0 aliphatic rings. The summed E-state index contributed by atoms with van der Waals surface area (Å²) in [5.41, 5.74) is 3.96. The fourth-order valence-electron chi connectivity index (χ4n) is 3.35. The van der Waals surface area contributed by atoms with Gasteiger partial charge in [0.25, 0.3) is 5.91 Å². The summed E-state index contributed by atoms with van der Waals surface area (Å²) in [6.45, 7) is 4.24. The first-order chi connectivity index (χ1) is 15.1. The van der Waals surface area contributed by atoms with E-state index in [0.717, 1.165) is 21.9 Å². The quantitative estimate of drug-likeness (QED) is 0.401. The molecule has 4 rings (SSSR count). The summed E-state index contributed by atoms with van der Waals surface area (Å²) >= 11 is 1.37. The minimum Gasteiger partial charge on any atom is -0.486 e. The molecule has 1 N–H and O–H groups in total. The molecule has 3 aromatic carbocycles. The Morgan fingerprint density at radius 2 is 1.48 bits per heavy atom. The SMILES string of the molecule is Cc1ccc(OCc2nc(C)c(C(=O)NC(c3ccccc3)c3ccccc3)s2)cc1. The summed E-state index contributed by atoms with van der Waals surface area (Å²) < 4.78 is 5.83. The molecule has 0 aliphatic carbocycles. The molecule has 0 aliphatic heterocycles. The maximum absolute atomic E-state index is 13.2. The number of nitrogens with zero attached hydrogens (tertiary/aromatic N) is 1. The van der Waals surface area contributed by atoms with Gasteiger partial charge in [-0.2, -0.15) is 0 Å². The number of benzene rings is 3. The highest BCUT2D eigenvalue weighted by Gasteiger charge is 2.21. The van der Waals surface area contributed by atoms with Gasteiger partial charge in [0.05, 0.1) is 11.7 Å². The van der Waals surface area contributed by atoms with Crippen molar-refractivity contribution >= 4 is 17.2 Å². The average Bonchev–Trinajstić information content (AvgIpc) is 3.19. The molecular weight excluding hydrogens is 404 g/mol. The van der Waals surface area contributed by atoms with Crippen molar-refractivity contribution in [2.45, 2.75) is 26.5 Å². The molecule has 1 amide bonds. The van der Waals surface area contributed by atoms with Crippen LogP contribution in [0.5, 0.6) is 5.75 Å². The summed E-state index contributed by atoms with van der Waals surface area (Å²) in [7, 11) is 0. The number of nitrogens with one attached hydrogen (secondary N) is 1. The van der Waals surface area contributed by atoms with Gasteiger partial charge in [0.2, 0.25) is 0 Å². The third-order valence-corrected chi connectivity index (χ3v) is 6.10. The van der Waals surface area contributed by atoms with E-state index in [9.17, 15) is 4.79 Å². The molecule has 0 unspecified atom stereocenters. The van der Waals surface area contributed by atoms with Crippen LogP contribution in [0, 0.1) is 13.8 Å². The monoisotopic (exact) mass is 428 g/mol. The van der Waals surface area contributed by atoms with Crippen molar-refractivity contribution < 1.29 is 9.53 Å². The number of carbonyl (C=O) groups excluding carboxylic acids is 1. The first-order valence-corrected chi connectivity index (χ1v) is 11.0. The van der Waals surface area contributed by atoms with E-state index in [1.54, 1.807) is 0 Å². The van der Waals surface area contributed by atoms with E-state index in [0.29, 0.717) is 17.2 Å². The Hall–Kier alpha value is -3.44. The van der Waals surface area contributed by atoms with Crippen LogP contribution in [0.2, 0.25) is 0 Å².